The Morgan fingerprint density at radius 3 is 1.67 bits per heavy atom. The number of hydrogen-bond donors (Lipinski definition) is 0. The third kappa shape index (κ3) is 9.91. The number of rotatable bonds is 9. The maximum atomic E-state index is 7.09. The summed E-state index contributed by atoms with van der Waals surface area (Å²) in [6, 6.07) is 57.9. The molecule has 9 rings (SSSR count). The van der Waals surface area contributed by atoms with Crippen LogP contribution in [0.2, 0.25) is 0 Å². The first kappa shape index (κ1) is 52.3. The van der Waals surface area contributed by atoms with Crippen LogP contribution in [-0.2, 0) is 53.6 Å². The van der Waals surface area contributed by atoms with Gasteiger partial charge in [-0.2, -0.15) is 12.1 Å². The second kappa shape index (κ2) is 18.8. The molecule has 0 aliphatic heterocycles. The summed E-state index contributed by atoms with van der Waals surface area (Å²) in [7, 11) is 0. The minimum absolute atomic E-state index is 0. The number of pyridine rings is 1. The van der Waals surface area contributed by atoms with Crippen LogP contribution in [0.25, 0.3) is 39.0 Å². The second-order valence-electron chi connectivity index (χ2n) is 24.8. The summed E-state index contributed by atoms with van der Waals surface area (Å²) >= 11 is 0. The first-order valence-electron chi connectivity index (χ1n) is 25.3. The van der Waals surface area contributed by atoms with Gasteiger partial charge in [0.05, 0.1) is 17.1 Å². The average molecular weight is 1130 g/mol. The van der Waals surface area contributed by atoms with Gasteiger partial charge in [-0.3, -0.25) is 4.57 Å². The third-order valence-corrected chi connectivity index (χ3v) is 14.5. The Kier molecular flexibility index (Phi) is 13.6. The summed E-state index contributed by atoms with van der Waals surface area (Å²) in [5.41, 5.74) is 12.3. The molecule has 0 aliphatic rings. The SMILES string of the molecule is CC(C)(C)c1ccnc(-n2c3[c-]c(Oc4[c-]c(-n5[c-][n+](-c6cccc(C(C)(C)c7ccccc7)c6)c(C(C)(C)C)c5C(C)(C)C)cc(C(C)(C)c5ccccc5)c4)ccc3c3cc(C(C)(C)C)ccc32)c1.[Pt]. The molecule has 0 atom stereocenters. The molecular weight excluding hydrogens is 1060 g/mol. The molecule has 72 heavy (non-hydrogen) atoms. The minimum atomic E-state index is -0.396. The van der Waals surface area contributed by atoms with Crippen LogP contribution in [-0.4, -0.2) is 14.1 Å². The van der Waals surface area contributed by atoms with Crippen molar-refractivity contribution in [1.29, 1.82) is 0 Å². The van der Waals surface area contributed by atoms with Crippen molar-refractivity contribution in [3.63, 3.8) is 0 Å². The molecule has 0 saturated heterocycles. The first-order valence-corrected chi connectivity index (χ1v) is 25.3. The number of imidazole rings is 1. The monoisotopic (exact) mass is 1130 g/mol. The fourth-order valence-corrected chi connectivity index (χ4v) is 10.1. The number of nitrogens with zero attached hydrogens (tertiary/aromatic N) is 4. The summed E-state index contributed by atoms with van der Waals surface area (Å²) in [6.45, 7) is 36.5. The molecule has 0 radical (unpaired) electrons. The number of benzene rings is 6. The Hall–Kier alpha value is -6.03. The normalized spacial score (nSPS) is 12.9. The Balaban J connectivity index is 0.00000693. The van der Waals surface area contributed by atoms with E-state index in [0.717, 1.165) is 50.3 Å². The predicted molar refractivity (Wildman–Crippen MR) is 294 cm³/mol. The third-order valence-electron chi connectivity index (χ3n) is 14.5. The van der Waals surface area contributed by atoms with E-state index >= 15 is 0 Å². The van der Waals surface area contributed by atoms with Crippen molar-refractivity contribution in [2.45, 2.75) is 143 Å². The van der Waals surface area contributed by atoms with Gasteiger partial charge >= 0.3 is 0 Å². The van der Waals surface area contributed by atoms with Crippen molar-refractivity contribution in [3.8, 4) is 28.7 Å². The summed E-state index contributed by atoms with van der Waals surface area (Å²) in [6.07, 6.45) is 5.87. The molecule has 374 valence electrons. The van der Waals surface area contributed by atoms with Crippen LogP contribution in [0, 0.1) is 18.5 Å². The van der Waals surface area contributed by atoms with Crippen LogP contribution in [0.1, 0.15) is 156 Å². The molecule has 0 fully saturated rings. The van der Waals surface area contributed by atoms with Crippen LogP contribution >= 0.6 is 0 Å². The quantitative estimate of drug-likeness (QED) is 0.107. The molecule has 0 spiro atoms. The van der Waals surface area contributed by atoms with E-state index in [-0.39, 0.29) is 48.1 Å². The van der Waals surface area contributed by atoms with Gasteiger partial charge in [-0.25, -0.2) is 4.98 Å². The van der Waals surface area contributed by atoms with Crippen molar-refractivity contribution in [2.24, 2.45) is 0 Å². The molecule has 3 heterocycles. The van der Waals surface area contributed by atoms with Crippen LogP contribution in [0.3, 0.4) is 0 Å². The van der Waals surface area contributed by atoms with Crippen molar-refractivity contribution < 1.29 is 30.4 Å². The first-order chi connectivity index (χ1) is 33.2. The zero-order valence-electron chi connectivity index (χ0n) is 45.4. The van der Waals surface area contributed by atoms with E-state index in [2.05, 4.69) is 282 Å². The van der Waals surface area contributed by atoms with Gasteiger partial charge in [-0.15, -0.1) is 35.2 Å². The fourth-order valence-electron chi connectivity index (χ4n) is 10.1. The predicted octanol–water partition coefficient (Wildman–Crippen LogP) is 16.3. The van der Waals surface area contributed by atoms with E-state index in [1.165, 1.54) is 33.5 Å². The van der Waals surface area contributed by atoms with Gasteiger partial charge in [0.2, 0.25) is 0 Å². The van der Waals surface area contributed by atoms with E-state index in [4.69, 9.17) is 9.72 Å². The molecule has 0 amide bonds. The molecule has 0 N–H and O–H groups in total. The van der Waals surface area contributed by atoms with Crippen molar-refractivity contribution >= 4 is 21.8 Å². The number of aromatic nitrogens is 4. The molecule has 0 bridgehead atoms. The topological polar surface area (TPSA) is 35.9 Å². The Morgan fingerprint density at radius 1 is 0.472 bits per heavy atom. The molecule has 0 aliphatic carbocycles. The van der Waals surface area contributed by atoms with Crippen LogP contribution in [0.4, 0.5) is 0 Å². The summed E-state index contributed by atoms with van der Waals surface area (Å²) in [5, 5.41) is 2.26. The maximum absolute atomic E-state index is 7.09. The number of fused-ring (bicyclic) bond motifs is 3. The standard InChI is InChI=1S/C66H72N4O.Pt/c1-61(2,3)46-30-33-56-55(39-46)54-32-31-52(42-57(54)70(56)58-40-47(34-35-67-58)62(4,5)6)71-53-38-49(66(15,16)45-26-21-18-22-27-45)37-51(41-53)69-43-68(59(63(7,8)9)60(69)64(10,11)12)50-29-23-28-48(36-50)65(13,14)44-24-19-17-20-25-44;/h17-40H,1-16H3;/q-2;. The molecule has 3 aromatic heterocycles. The van der Waals surface area contributed by atoms with E-state index in [9.17, 15) is 0 Å². The van der Waals surface area contributed by atoms with Gasteiger partial charge in [-0.05, 0) is 96.3 Å². The number of ether oxygens (including phenoxy) is 1. The smallest absolute Gasteiger partial charge is 0.267 e. The van der Waals surface area contributed by atoms with Gasteiger partial charge in [0.15, 0.2) is 0 Å². The second-order valence-corrected chi connectivity index (χ2v) is 24.8. The molecule has 0 unspecified atom stereocenters. The van der Waals surface area contributed by atoms with E-state index < -0.39 is 5.41 Å². The summed E-state index contributed by atoms with van der Waals surface area (Å²) in [4.78, 5) is 4.99. The van der Waals surface area contributed by atoms with Crippen molar-refractivity contribution in [3.05, 3.63) is 209 Å². The van der Waals surface area contributed by atoms with Crippen LogP contribution in [0.15, 0.2) is 146 Å². The molecule has 0 saturated carbocycles. The van der Waals surface area contributed by atoms with Gasteiger partial charge < -0.3 is 13.9 Å². The van der Waals surface area contributed by atoms with Gasteiger partial charge in [-0.1, -0.05) is 201 Å². The van der Waals surface area contributed by atoms with Gasteiger partial charge in [0, 0.05) is 49.7 Å². The fraction of sp³-hybridized carbons (Fsp3) is 0.333. The van der Waals surface area contributed by atoms with Crippen LogP contribution in [0.5, 0.6) is 11.5 Å². The van der Waals surface area contributed by atoms with Gasteiger partial charge in [0.25, 0.3) is 6.33 Å². The molecule has 6 aromatic carbocycles. The zero-order chi connectivity index (χ0) is 51.1. The Morgan fingerprint density at radius 2 is 1.07 bits per heavy atom. The Bertz CT molecular complexity index is 3420. The molecule has 6 heteroatoms. The minimum Gasteiger partial charge on any atom is -0.510 e. The van der Waals surface area contributed by atoms with Crippen molar-refractivity contribution in [2.75, 3.05) is 0 Å². The number of hydrogen-bond acceptors (Lipinski definition) is 2. The zero-order valence-corrected chi connectivity index (χ0v) is 47.6. The van der Waals surface area contributed by atoms with E-state index in [0.29, 0.717) is 11.5 Å². The maximum Gasteiger partial charge on any atom is 0.267 e. The van der Waals surface area contributed by atoms with E-state index in [1.807, 2.05) is 6.20 Å². The molecule has 5 nitrogen and oxygen atoms in total. The summed E-state index contributed by atoms with van der Waals surface area (Å²) in [5.74, 6) is 2.04. The van der Waals surface area contributed by atoms with Crippen molar-refractivity contribution in [1.82, 2.24) is 14.1 Å². The average Bonchev–Trinajstić information content (AvgIpc) is 3.90. The molecular formula is C66H72N4OPt-2. The molecule has 9 aromatic rings. The van der Waals surface area contributed by atoms with E-state index in [1.54, 1.807) is 0 Å². The van der Waals surface area contributed by atoms with Crippen LogP contribution < -0.4 is 9.30 Å². The Labute approximate surface area is 444 Å². The summed E-state index contributed by atoms with van der Waals surface area (Å²) < 4.78 is 13.9. The van der Waals surface area contributed by atoms with Gasteiger partial charge in [0.1, 0.15) is 5.82 Å². The largest absolute Gasteiger partial charge is 0.510 e.